The molecular formula is C15H12ClN3O. The van der Waals surface area contributed by atoms with Crippen LogP contribution in [0, 0.1) is 28.6 Å². The van der Waals surface area contributed by atoms with Crippen LogP contribution in [0.5, 0.6) is 5.75 Å². The van der Waals surface area contributed by atoms with E-state index in [2.05, 4.69) is 17.1 Å². The molecule has 0 aliphatic carbocycles. The molecule has 0 saturated heterocycles. The van der Waals surface area contributed by atoms with E-state index >= 15 is 0 Å². The molecule has 2 rings (SSSR count). The number of nitrogens with zero attached hydrogens (tertiary/aromatic N) is 3. The van der Waals surface area contributed by atoms with Gasteiger partial charge in [-0.15, -0.1) is 0 Å². The minimum Gasteiger partial charge on any atom is -0.508 e. The zero-order valence-corrected chi connectivity index (χ0v) is 11.8. The highest BCUT2D eigenvalue weighted by Crippen LogP contribution is 2.41. The topological polar surface area (TPSA) is 80.2 Å². The van der Waals surface area contributed by atoms with Crippen LogP contribution in [-0.2, 0) is 0 Å². The van der Waals surface area contributed by atoms with Gasteiger partial charge in [0.1, 0.15) is 5.75 Å². The second kappa shape index (κ2) is 5.36. The number of phenolic OH excluding ortho intramolecular Hbond substituents is 1. The van der Waals surface area contributed by atoms with Crippen molar-refractivity contribution in [1.29, 1.82) is 10.5 Å². The molecule has 1 aromatic rings. The lowest BCUT2D eigenvalue weighted by molar-refractivity contribution is 0.475. The zero-order chi connectivity index (χ0) is 14.9. The van der Waals surface area contributed by atoms with Crippen molar-refractivity contribution < 1.29 is 5.11 Å². The van der Waals surface area contributed by atoms with Crippen molar-refractivity contribution in [2.45, 2.75) is 19.8 Å². The van der Waals surface area contributed by atoms with Gasteiger partial charge in [0.2, 0.25) is 0 Å². The average Bonchev–Trinajstić information content (AvgIpc) is 2.38. The van der Waals surface area contributed by atoms with Gasteiger partial charge in [-0.05, 0) is 31.5 Å². The van der Waals surface area contributed by atoms with Gasteiger partial charge in [-0.2, -0.15) is 10.5 Å². The summed E-state index contributed by atoms with van der Waals surface area (Å²) in [5.74, 6) is -0.932. The van der Waals surface area contributed by atoms with Crippen molar-refractivity contribution >= 4 is 17.3 Å². The minimum atomic E-state index is -0.532. The SMILES string of the molecule is CC1=NC(C)=C(C#N)C(c2ccc(O)cc2Cl)C1C#N. The quantitative estimate of drug-likeness (QED) is 0.857. The van der Waals surface area contributed by atoms with Crippen LogP contribution < -0.4 is 0 Å². The molecular weight excluding hydrogens is 274 g/mol. The number of phenols is 1. The number of nitriles is 2. The highest BCUT2D eigenvalue weighted by atomic mass is 35.5. The molecule has 1 N–H and O–H groups in total. The molecule has 0 aromatic heterocycles. The first-order chi connectivity index (χ1) is 9.49. The van der Waals surface area contributed by atoms with E-state index < -0.39 is 11.8 Å². The summed E-state index contributed by atoms with van der Waals surface area (Å²) < 4.78 is 0. The molecule has 4 nitrogen and oxygen atoms in total. The predicted octanol–water partition coefficient (Wildman–Crippen LogP) is 3.54. The molecule has 0 bridgehead atoms. The van der Waals surface area contributed by atoms with Gasteiger partial charge in [0.15, 0.2) is 0 Å². The summed E-state index contributed by atoms with van der Waals surface area (Å²) >= 11 is 6.16. The molecule has 20 heavy (non-hydrogen) atoms. The molecule has 1 aromatic carbocycles. The Morgan fingerprint density at radius 2 is 2.00 bits per heavy atom. The fourth-order valence-electron chi connectivity index (χ4n) is 2.45. The van der Waals surface area contributed by atoms with E-state index in [0.717, 1.165) is 0 Å². The molecule has 2 atom stereocenters. The maximum Gasteiger partial charge on any atom is 0.117 e. The zero-order valence-electron chi connectivity index (χ0n) is 11.1. The van der Waals surface area contributed by atoms with Gasteiger partial charge >= 0.3 is 0 Å². The van der Waals surface area contributed by atoms with E-state index in [1.54, 1.807) is 19.9 Å². The van der Waals surface area contributed by atoms with Crippen LogP contribution in [0.15, 0.2) is 34.5 Å². The third-order valence-electron chi connectivity index (χ3n) is 3.41. The van der Waals surface area contributed by atoms with E-state index in [-0.39, 0.29) is 5.75 Å². The average molecular weight is 286 g/mol. The molecule has 0 radical (unpaired) electrons. The van der Waals surface area contributed by atoms with Crippen molar-refractivity contribution in [3.05, 3.63) is 40.1 Å². The molecule has 0 spiro atoms. The van der Waals surface area contributed by atoms with Gasteiger partial charge in [-0.3, -0.25) is 4.99 Å². The highest BCUT2D eigenvalue weighted by Gasteiger charge is 2.35. The maximum atomic E-state index is 9.44. The van der Waals surface area contributed by atoms with Gasteiger partial charge in [0.05, 0.1) is 29.3 Å². The molecule has 5 heteroatoms. The van der Waals surface area contributed by atoms with Crippen LogP contribution in [0.1, 0.15) is 25.3 Å². The van der Waals surface area contributed by atoms with Crippen LogP contribution in [0.25, 0.3) is 0 Å². The number of aromatic hydroxyl groups is 1. The first kappa shape index (κ1) is 14.1. The van der Waals surface area contributed by atoms with E-state index in [4.69, 9.17) is 11.6 Å². The van der Waals surface area contributed by atoms with Crippen LogP contribution in [0.2, 0.25) is 5.02 Å². The van der Waals surface area contributed by atoms with Crippen LogP contribution in [0.3, 0.4) is 0 Å². The summed E-state index contributed by atoms with van der Waals surface area (Å²) in [6, 6.07) is 8.88. The Kier molecular flexibility index (Phi) is 3.79. The van der Waals surface area contributed by atoms with Gasteiger partial charge in [-0.25, -0.2) is 0 Å². The predicted molar refractivity (Wildman–Crippen MR) is 76.4 cm³/mol. The Balaban J connectivity index is 2.66. The van der Waals surface area contributed by atoms with Crippen LogP contribution in [-0.4, -0.2) is 10.8 Å². The lowest BCUT2D eigenvalue weighted by Crippen LogP contribution is -2.25. The molecule has 0 fully saturated rings. The Labute approximate surface area is 122 Å². The second-order valence-electron chi connectivity index (χ2n) is 4.65. The number of allylic oxidation sites excluding steroid dienone is 2. The molecule has 0 saturated carbocycles. The third kappa shape index (κ3) is 2.27. The summed E-state index contributed by atoms with van der Waals surface area (Å²) in [4.78, 5) is 4.27. The van der Waals surface area contributed by atoms with E-state index in [1.165, 1.54) is 12.1 Å². The van der Waals surface area contributed by atoms with Crippen molar-refractivity contribution in [1.82, 2.24) is 0 Å². The number of hydrogen-bond acceptors (Lipinski definition) is 4. The molecule has 1 aliphatic heterocycles. The first-order valence-corrected chi connectivity index (χ1v) is 6.41. The Bertz CT molecular complexity index is 707. The normalized spacial score (nSPS) is 21.9. The molecule has 1 heterocycles. The number of aliphatic imine (C=N–C) groups is 1. The smallest absolute Gasteiger partial charge is 0.117 e. The number of benzene rings is 1. The van der Waals surface area contributed by atoms with E-state index in [0.29, 0.717) is 27.6 Å². The Morgan fingerprint density at radius 3 is 2.55 bits per heavy atom. The summed E-state index contributed by atoms with van der Waals surface area (Å²) in [5, 5.41) is 28.5. The van der Waals surface area contributed by atoms with E-state index in [1.807, 2.05) is 0 Å². The number of rotatable bonds is 1. The summed E-state index contributed by atoms with van der Waals surface area (Å²) in [7, 11) is 0. The summed E-state index contributed by atoms with van der Waals surface area (Å²) in [6.07, 6.45) is 0. The fourth-order valence-corrected chi connectivity index (χ4v) is 2.74. The molecule has 2 unspecified atom stereocenters. The lowest BCUT2D eigenvalue weighted by Gasteiger charge is -2.27. The van der Waals surface area contributed by atoms with E-state index in [9.17, 15) is 15.6 Å². The van der Waals surface area contributed by atoms with Gasteiger partial charge < -0.3 is 5.11 Å². The van der Waals surface area contributed by atoms with Crippen molar-refractivity contribution in [3.63, 3.8) is 0 Å². The maximum absolute atomic E-state index is 9.44. The first-order valence-electron chi connectivity index (χ1n) is 6.03. The molecule has 1 aliphatic rings. The summed E-state index contributed by atoms with van der Waals surface area (Å²) in [5.41, 5.74) is 2.36. The Hall–Kier alpha value is -2.30. The van der Waals surface area contributed by atoms with Gasteiger partial charge in [-0.1, -0.05) is 17.7 Å². The van der Waals surface area contributed by atoms with Gasteiger partial charge in [0, 0.05) is 16.7 Å². The van der Waals surface area contributed by atoms with Crippen molar-refractivity contribution in [2.75, 3.05) is 0 Å². The number of hydrogen-bond donors (Lipinski definition) is 1. The lowest BCUT2D eigenvalue weighted by atomic mass is 9.77. The van der Waals surface area contributed by atoms with Crippen LogP contribution >= 0.6 is 11.6 Å². The van der Waals surface area contributed by atoms with Crippen molar-refractivity contribution in [3.8, 4) is 17.9 Å². The monoisotopic (exact) mass is 285 g/mol. The number of halogens is 1. The van der Waals surface area contributed by atoms with Crippen LogP contribution in [0.4, 0.5) is 0 Å². The molecule has 0 amide bonds. The molecule has 100 valence electrons. The second-order valence-corrected chi connectivity index (χ2v) is 5.06. The minimum absolute atomic E-state index is 0.0488. The largest absolute Gasteiger partial charge is 0.508 e. The fraction of sp³-hybridized carbons (Fsp3) is 0.267. The van der Waals surface area contributed by atoms with Crippen molar-refractivity contribution in [2.24, 2.45) is 10.9 Å². The van der Waals surface area contributed by atoms with Gasteiger partial charge in [0.25, 0.3) is 0 Å². The highest BCUT2D eigenvalue weighted by molar-refractivity contribution is 6.31. The summed E-state index contributed by atoms with van der Waals surface area (Å²) in [6.45, 7) is 3.52. The standard InChI is InChI=1S/C15H12ClN3O/c1-8-12(6-17)15(13(7-18)9(2)19-8)11-4-3-10(20)5-14(11)16/h3-5,12,15,20H,1-2H3. The Morgan fingerprint density at radius 1 is 1.30 bits per heavy atom. The third-order valence-corrected chi connectivity index (χ3v) is 3.73.